The molecule has 0 amide bonds. The summed E-state index contributed by atoms with van der Waals surface area (Å²) in [5, 5.41) is 2.31. The smallest absolute Gasteiger partial charge is 0.160 e. The average Bonchev–Trinajstić information content (AvgIpc) is 2.83. The van der Waals surface area contributed by atoms with Crippen molar-refractivity contribution in [3.63, 3.8) is 0 Å². The van der Waals surface area contributed by atoms with Crippen LogP contribution in [-0.4, -0.2) is 5.78 Å². The van der Waals surface area contributed by atoms with Gasteiger partial charge in [0.05, 0.1) is 0 Å². The number of rotatable bonds is 2. The maximum atomic E-state index is 11.9. The van der Waals surface area contributed by atoms with Crippen LogP contribution in [0, 0.1) is 0 Å². The van der Waals surface area contributed by atoms with Crippen LogP contribution >= 0.6 is 0 Å². The Balaban J connectivity index is 2.24. The van der Waals surface area contributed by atoms with Gasteiger partial charge in [-0.15, -0.1) is 0 Å². The van der Waals surface area contributed by atoms with E-state index < -0.39 is 0 Å². The van der Waals surface area contributed by atoms with E-state index in [1.807, 2.05) is 18.2 Å². The molecule has 1 nitrogen and oxygen atoms in total. The van der Waals surface area contributed by atoms with Crippen molar-refractivity contribution in [1.29, 1.82) is 0 Å². The van der Waals surface area contributed by atoms with Gasteiger partial charge in [0.15, 0.2) is 5.78 Å². The van der Waals surface area contributed by atoms with Gasteiger partial charge in [0.2, 0.25) is 0 Å². The van der Waals surface area contributed by atoms with E-state index in [2.05, 4.69) is 37.3 Å². The summed E-state index contributed by atoms with van der Waals surface area (Å²) in [5.41, 5.74) is 4.43. The average molecular weight is 248 g/mol. The van der Waals surface area contributed by atoms with E-state index in [4.69, 9.17) is 0 Å². The minimum atomic E-state index is 0.131. The number of ketones is 1. The van der Waals surface area contributed by atoms with Crippen LogP contribution in [0.1, 0.15) is 36.2 Å². The Labute approximate surface area is 113 Å². The fourth-order valence-corrected chi connectivity index (χ4v) is 2.65. The molecule has 0 bridgehead atoms. The van der Waals surface area contributed by atoms with Gasteiger partial charge in [-0.1, -0.05) is 42.0 Å². The van der Waals surface area contributed by atoms with Gasteiger partial charge in [0.25, 0.3) is 0 Å². The van der Waals surface area contributed by atoms with Crippen LogP contribution in [0.5, 0.6) is 0 Å². The third-order valence-electron chi connectivity index (χ3n) is 3.66. The summed E-state index contributed by atoms with van der Waals surface area (Å²) in [6.45, 7) is 3.74. The molecule has 2 aromatic carbocycles. The molecular formula is C18H16O. The molecule has 1 heteroatoms. The maximum Gasteiger partial charge on any atom is 0.160 e. The molecule has 0 aliphatic heterocycles. The zero-order valence-corrected chi connectivity index (χ0v) is 11.2. The number of carbonyl (C=O) groups excluding carboxylic acids is 1. The van der Waals surface area contributed by atoms with Crippen LogP contribution in [0.25, 0.3) is 16.3 Å². The first-order chi connectivity index (χ1) is 9.15. The molecule has 1 aliphatic rings. The molecule has 19 heavy (non-hydrogen) atoms. The van der Waals surface area contributed by atoms with Gasteiger partial charge in [0, 0.05) is 5.56 Å². The second-order valence-corrected chi connectivity index (χ2v) is 5.12. The lowest BCUT2D eigenvalue weighted by atomic mass is 9.93. The lowest BCUT2D eigenvalue weighted by Gasteiger charge is -2.10. The van der Waals surface area contributed by atoms with Gasteiger partial charge in [-0.05, 0) is 54.3 Å². The second kappa shape index (κ2) is 4.51. The summed E-state index contributed by atoms with van der Waals surface area (Å²) < 4.78 is 0. The Morgan fingerprint density at radius 3 is 2.37 bits per heavy atom. The predicted molar refractivity (Wildman–Crippen MR) is 80.3 cm³/mol. The molecule has 94 valence electrons. The van der Waals surface area contributed by atoms with Crippen LogP contribution in [0.3, 0.4) is 0 Å². The molecule has 1 aliphatic carbocycles. The number of Topliss-reactive ketones (excluding diaryl/α,β-unsaturated/α-hetero) is 1. The van der Waals surface area contributed by atoms with Gasteiger partial charge in [-0.2, -0.15) is 0 Å². The molecule has 0 saturated carbocycles. The molecule has 0 radical (unpaired) electrons. The normalized spacial score (nSPS) is 14.4. The zero-order valence-electron chi connectivity index (χ0n) is 11.2. The van der Waals surface area contributed by atoms with E-state index in [0.29, 0.717) is 0 Å². The van der Waals surface area contributed by atoms with Crippen molar-refractivity contribution >= 4 is 22.1 Å². The number of hydrogen-bond acceptors (Lipinski definition) is 1. The van der Waals surface area contributed by atoms with E-state index in [-0.39, 0.29) is 5.78 Å². The number of hydrogen-bond donors (Lipinski definition) is 0. The topological polar surface area (TPSA) is 17.1 Å². The van der Waals surface area contributed by atoms with Crippen LogP contribution in [0.15, 0.2) is 54.1 Å². The van der Waals surface area contributed by atoms with Crippen molar-refractivity contribution in [1.82, 2.24) is 0 Å². The van der Waals surface area contributed by atoms with Crippen molar-refractivity contribution in [3.05, 3.63) is 65.3 Å². The first kappa shape index (κ1) is 11.9. The highest BCUT2D eigenvalue weighted by Crippen LogP contribution is 2.32. The highest BCUT2D eigenvalue weighted by atomic mass is 16.1. The molecule has 0 unspecified atom stereocenters. The van der Waals surface area contributed by atoms with Gasteiger partial charge in [0.1, 0.15) is 0 Å². The minimum Gasteiger partial charge on any atom is -0.294 e. The lowest BCUT2D eigenvalue weighted by molar-refractivity contribution is 0.101. The Morgan fingerprint density at radius 2 is 1.79 bits per heavy atom. The Hall–Kier alpha value is -2.15. The molecule has 2 aromatic rings. The lowest BCUT2D eigenvalue weighted by Crippen LogP contribution is -1.99. The van der Waals surface area contributed by atoms with E-state index in [9.17, 15) is 4.79 Å². The molecule has 0 fully saturated rings. The van der Waals surface area contributed by atoms with Crippen LogP contribution in [0.2, 0.25) is 0 Å². The third-order valence-corrected chi connectivity index (χ3v) is 3.66. The highest BCUT2D eigenvalue weighted by Gasteiger charge is 2.14. The molecule has 0 spiro atoms. The summed E-state index contributed by atoms with van der Waals surface area (Å²) in [5.74, 6) is 0.131. The molecule has 0 heterocycles. The van der Waals surface area contributed by atoms with E-state index in [0.717, 1.165) is 22.9 Å². The number of benzene rings is 2. The number of allylic oxidation sites excluding steroid dienone is 4. The zero-order chi connectivity index (χ0) is 13.4. The van der Waals surface area contributed by atoms with E-state index >= 15 is 0 Å². The Morgan fingerprint density at radius 1 is 1.11 bits per heavy atom. The molecule has 0 saturated heterocycles. The minimum absolute atomic E-state index is 0.131. The first-order valence-corrected chi connectivity index (χ1v) is 6.56. The maximum absolute atomic E-state index is 11.9. The van der Waals surface area contributed by atoms with Crippen LogP contribution < -0.4 is 0 Å². The third kappa shape index (κ3) is 2.12. The van der Waals surface area contributed by atoms with Crippen molar-refractivity contribution in [2.75, 3.05) is 0 Å². The van der Waals surface area contributed by atoms with Gasteiger partial charge in [-0.3, -0.25) is 4.79 Å². The molecule has 0 aromatic heterocycles. The monoisotopic (exact) mass is 248 g/mol. The van der Waals surface area contributed by atoms with Crippen molar-refractivity contribution < 1.29 is 4.79 Å². The van der Waals surface area contributed by atoms with Gasteiger partial charge >= 0.3 is 0 Å². The summed E-state index contributed by atoms with van der Waals surface area (Å²) in [7, 11) is 0. The summed E-state index contributed by atoms with van der Waals surface area (Å²) in [6.07, 6.45) is 5.30. The summed E-state index contributed by atoms with van der Waals surface area (Å²) >= 11 is 0. The molecule has 3 rings (SSSR count). The first-order valence-electron chi connectivity index (χ1n) is 6.56. The quantitative estimate of drug-likeness (QED) is 0.699. The summed E-state index contributed by atoms with van der Waals surface area (Å²) in [6, 6.07) is 12.3. The Bertz CT molecular complexity index is 732. The van der Waals surface area contributed by atoms with Crippen molar-refractivity contribution in [2.45, 2.75) is 20.3 Å². The standard InChI is InChI=1S/C18H16O/c1-12-7-8-16(9-12)18-11-15-6-4-3-5-14(15)10-17(18)13(2)19/h3-7,9-11H,8H2,1-2H3. The number of fused-ring (bicyclic) bond motifs is 1. The molecular weight excluding hydrogens is 232 g/mol. The predicted octanol–water partition coefficient (Wildman–Crippen LogP) is 4.78. The van der Waals surface area contributed by atoms with Crippen LogP contribution in [-0.2, 0) is 0 Å². The van der Waals surface area contributed by atoms with Gasteiger partial charge < -0.3 is 0 Å². The molecule has 0 atom stereocenters. The van der Waals surface area contributed by atoms with E-state index in [1.54, 1.807) is 6.92 Å². The van der Waals surface area contributed by atoms with E-state index in [1.165, 1.54) is 16.5 Å². The summed E-state index contributed by atoms with van der Waals surface area (Å²) in [4.78, 5) is 11.9. The fourth-order valence-electron chi connectivity index (χ4n) is 2.65. The Kier molecular flexibility index (Phi) is 2.83. The second-order valence-electron chi connectivity index (χ2n) is 5.12. The van der Waals surface area contributed by atoms with Crippen molar-refractivity contribution in [2.24, 2.45) is 0 Å². The van der Waals surface area contributed by atoms with Crippen LogP contribution in [0.4, 0.5) is 0 Å². The highest BCUT2D eigenvalue weighted by molar-refractivity contribution is 6.04. The SMILES string of the molecule is CC(=O)c1cc2ccccc2cc1C1=CC(C)=CC1. The fraction of sp³-hybridized carbons (Fsp3) is 0.167. The number of carbonyl (C=O) groups is 1. The largest absolute Gasteiger partial charge is 0.294 e. The molecule has 0 N–H and O–H groups in total. The van der Waals surface area contributed by atoms with Gasteiger partial charge in [-0.25, -0.2) is 0 Å². The van der Waals surface area contributed by atoms with Crippen molar-refractivity contribution in [3.8, 4) is 0 Å².